The Balaban J connectivity index is 1.55. The van der Waals surface area contributed by atoms with Crippen LogP contribution in [0.5, 0.6) is 0 Å². The lowest BCUT2D eigenvalue weighted by Gasteiger charge is -2.45. The maximum atomic E-state index is 13.0. The summed E-state index contributed by atoms with van der Waals surface area (Å²) in [6, 6.07) is 7.24. The maximum absolute atomic E-state index is 13.0. The molecule has 1 atom stereocenters. The summed E-state index contributed by atoms with van der Waals surface area (Å²) >= 11 is 6.65. The van der Waals surface area contributed by atoms with Gasteiger partial charge in [-0.05, 0) is 43.5 Å². The number of hydrogen-bond donors (Lipinski definition) is 3. The third kappa shape index (κ3) is 4.77. The quantitative estimate of drug-likeness (QED) is 0.591. The summed E-state index contributed by atoms with van der Waals surface area (Å²) in [4.78, 5) is 18.0. The largest absolute Gasteiger partial charge is 0.433 e. The number of pyridine rings is 1. The number of amides is 1. The van der Waals surface area contributed by atoms with Crippen molar-refractivity contribution in [2.24, 2.45) is 0 Å². The van der Waals surface area contributed by atoms with Gasteiger partial charge in [0.15, 0.2) is 5.96 Å². The summed E-state index contributed by atoms with van der Waals surface area (Å²) in [7, 11) is 0. The van der Waals surface area contributed by atoms with Crippen LogP contribution in [0, 0.1) is 5.41 Å². The fraction of sp³-hybridized carbons (Fsp3) is 0.409. The summed E-state index contributed by atoms with van der Waals surface area (Å²) in [6.45, 7) is 2.90. The van der Waals surface area contributed by atoms with Gasteiger partial charge >= 0.3 is 6.18 Å². The number of carbonyl (C=O) groups is 1. The van der Waals surface area contributed by atoms with Gasteiger partial charge in [-0.2, -0.15) is 13.2 Å². The molecule has 1 aromatic heterocycles. The molecule has 0 saturated carbocycles. The number of nitrogens with zero attached hydrogens (tertiary/aromatic N) is 2. The van der Waals surface area contributed by atoms with E-state index in [0.29, 0.717) is 48.0 Å². The van der Waals surface area contributed by atoms with E-state index >= 15 is 0 Å². The van der Waals surface area contributed by atoms with E-state index in [4.69, 9.17) is 21.7 Å². The van der Waals surface area contributed by atoms with Gasteiger partial charge in [0.1, 0.15) is 5.69 Å². The standard InChI is InChI=1S/C22H23ClF3N5O2/c1-21(11-18(32)31(20(27)30-21)14-7-9-33-10-8-14)15-3-2-4-16(19(15)23)29-13-5-6-17(28-12-13)22(24,25)26/h2-6,12,14,29H,7-11H2,1H3,(H2,27,30)/t21-/m0/s1. The maximum Gasteiger partial charge on any atom is 0.433 e. The number of halogens is 4. The number of benzene rings is 1. The lowest BCUT2D eigenvalue weighted by Crippen LogP contribution is -2.62. The van der Waals surface area contributed by atoms with Crippen molar-refractivity contribution in [1.82, 2.24) is 15.2 Å². The highest BCUT2D eigenvalue weighted by atomic mass is 35.5. The highest BCUT2D eigenvalue weighted by Crippen LogP contribution is 2.39. The molecule has 176 valence electrons. The Morgan fingerprint density at radius 3 is 2.61 bits per heavy atom. The van der Waals surface area contributed by atoms with Gasteiger partial charge < -0.3 is 15.4 Å². The molecular weight excluding hydrogens is 459 g/mol. The first-order valence-corrected chi connectivity index (χ1v) is 10.8. The van der Waals surface area contributed by atoms with Gasteiger partial charge in [-0.15, -0.1) is 0 Å². The first-order chi connectivity index (χ1) is 15.6. The Morgan fingerprint density at radius 1 is 1.27 bits per heavy atom. The highest BCUT2D eigenvalue weighted by Gasteiger charge is 2.43. The second kappa shape index (κ2) is 8.83. The fourth-order valence-corrected chi connectivity index (χ4v) is 4.60. The fourth-order valence-electron chi connectivity index (χ4n) is 4.22. The van der Waals surface area contributed by atoms with Crippen LogP contribution in [0.25, 0.3) is 0 Å². The van der Waals surface area contributed by atoms with Crippen LogP contribution >= 0.6 is 11.6 Å². The summed E-state index contributed by atoms with van der Waals surface area (Å²) in [6.07, 6.45) is -2.00. The first kappa shape index (κ1) is 23.3. The predicted octanol–water partition coefficient (Wildman–Crippen LogP) is 4.65. The molecule has 2 aliphatic heterocycles. The van der Waals surface area contributed by atoms with Crippen LogP contribution < -0.4 is 10.6 Å². The van der Waals surface area contributed by atoms with Crippen molar-refractivity contribution < 1.29 is 22.7 Å². The van der Waals surface area contributed by atoms with Crippen molar-refractivity contribution in [3.05, 3.63) is 52.8 Å². The minimum absolute atomic E-state index is 0.0158. The molecule has 33 heavy (non-hydrogen) atoms. The van der Waals surface area contributed by atoms with Crippen molar-refractivity contribution >= 4 is 34.8 Å². The van der Waals surface area contributed by atoms with Crippen molar-refractivity contribution in [2.75, 3.05) is 18.5 Å². The Morgan fingerprint density at radius 2 is 2.00 bits per heavy atom. The van der Waals surface area contributed by atoms with Gasteiger partial charge in [0.05, 0.1) is 34.6 Å². The van der Waals surface area contributed by atoms with E-state index in [1.165, 1.54) is 11.0 Å². The summed E-state index contributed by atoms with van der Waals surface area (Å²) < 4.78 is 43.6. The molecule has 7 nitrogen and oxygen atoms in total. The van der Waals surface area contributed by atoms with E-state index < -0.39 is 17.4 Å². The molecule has 2 aromatic rings. The molecule has 0 unspecified atom stereocenters. The van der Waals surface area contributed by atoms with Crippen molar-refractivity contribution in [3.63, 3.8) is 0 Å². The van der Waals surface area contributed by atoms with Crippen LogP contribution in [0.1, 0.15) is 37.4 Å². The van der Waals surface area contributed by atoms with Crippen molar-refractivity contribution in [3.8, 4) is 0 Å². The zero-order chi connectivity index (χ0) is 23.8. The average molecular weight is 482 g/mol. The second-order valence-electron chi connectivity index (χ2n) is 8.31. The number of carbonyl (C=O) groups excluding carboxylic acids is 1. The Labute approximate surface area is 193 Å². The first-order valence-electron chi connectivity index (χ1n) is 10.4. The molecular formula is C22H23ClF3N5O2. The van der Waals surface area contributed by atoms with Gasteiger partial charge in [0, 0.05) is 19.3 Å². The number of guanidine groups is 1. The molecule has 0 spiro atoms. The van der Waals surface area contributed by atoms with E-state index in [0.717, 1.165) is 12.3 Å². The topological polar surface area (TPSA) is 90.3 Å². The molecule has 3 heterocycles. The minimum atomic E-state index is -4.52. The van der Waals surface area contributed by atoms with E-state index in [9.17, 15) is 18.0 Å². The van der Waals surface area contributed by atoms with Crippen LogP contribution in [-0.2, 0) is 21.2 Å². The second-order valence-corrected chi connectivity index (χ2v) is 8.69. The van der Waals surface area contributed by atoms with Crippen LogP contribution in [0.4, 0.5) is 24.5 Å². The van der Waals surface area contributed by atoms with Crippen molar-refractivity contribution in [1.29, 1.82) is 5.41 Å². The number of aromatic nitrogens is 1. The molecule has 3 N–H and O–H groups in total. The molecule has 0 aliphatic carbocycles. The van der Waals surface area contributed by atoms with Gasteiger partial charge in [0.2, 0.25) is 5.91 Å². The molecule has 2 fully saturated rings. The third-order valence-electron chi connectivity index (χ3n) is 5.89. The Kier molecular flexibility index (Phi) is 6.24. The van der Waals surface area contributed by atoms with Gasteiger partial charge in [-0.25, -0.2) is 4.98 Å². The summed E-state index contributed by atoms with van der Waals surface area (Å²) in [5, 5.41) is 14.9. The number of rotatable bonds is 4. The molecule has 0 bridgehead atoms. The molecule has 0 radical (unpaired) electrons. The number of nitrogens with one attached hydrogen (secondary N) is 3. The van der Waals surface area contributed by atoms with E-state index in [1.54, 1.807) is 25.1 Å². The molecule has 1 amide bonds. The van der Waals surface area contributed by atoms with Crippen LogP contribution in [-0.4, -0.2) is 41.0 Å². The van der Waals surface area contributed by atoms with Gasteiger partial charge in [0.25, 0.3) is 0 Å². The summed E-state index contributed by atoms with van der Waals surface area (Å²) in [5.41, 5.74) is -0.539. The van der Waals surface area contributed by atoms with Crippen molar-refractivity contribution in [2.45, 2.75) is 43.9 Å². The minimum Gasteiger partial charge on any atom is -0.381 e. The van der Waals surface area contributed by atoms with Crippen LogP contribution in [0.2, 0.25) is 5.02 Å². The number of alkyl halides is 3. The molecule has 2 aliphatic rings. The lowest BCUT2D eigenvalue weighted by atomic mass is 9.85. The van der Waals surface area contributed by atoms with E-state index in [2.05, 4.69) is 15.6 Å². The van der Waals surface area contributed by atoms with E-state index in [-0.39, 0.29) is 24.3 Å². The zero-order valence-electron chi connectivity index (χ0n) is 17.8. The molecule has 11 heteroatoms. The van der Waals surface area contributed by atoms with Gasteiger partial charge in [-0.1, -0.05) is 23.7 Å². The smallest absolute Gasteiger partial charge is 0.381 e. The normalized spacial score (nSPS) is 22.3. The van der Waals surface area contributed by atoms with Crippen LogP contribution in [0.3, 0.4) is 0 Å². The molecule has 1 aromatic carbocycles. The highest BCUT2D eigenvalue weighted by molar-refractivity contribution is 6.34. The van der Waals surface area contributed by atoms with Crippen LogP contribution in [0.15, 0.2) is 36.5 Å². The van der Waals surface area contributed by atoms with E-state index in [1.807, 2.05) is 0 Å². The summed E-state index contributed by atoms with van der Waals surface area (Å²) in [5.74, 6) is -0.156. The number of ether oxygens (including phenoxy) is 1. The monoisotopic (exact) mass is 481 g/mol. The zero-order valence-corrected chi connectivity index (χ0v) is 18.6. The Hall–Kier alpha value is -2.85. The lowest BCUT2D eigenvalue weighted by molar-refractivity contribution is -0.141. The number of hydrogen-bond acceptors (Lipinski definition) is 5. The van der Waals surface area contributed by atoms with Gasteiger partial charge in [-0.3, -0.25) is 15.1 Å². The third-order valence-corrected chi connectivity index (χ3v) is 6.30. The predicted molar refractivity (Wildman–Crippen MR) is 117 cm³/mol. The Bertz CT molecular complexity index is 1040. The number of anilines is 2. The average Bonchev–Trinajstić information content (AvgIpc) is 2.75. The molecule has 2 saturated heterocycles. The molecule has 4 rings (SSSR count). The SMILES string of the molecule is C[C@@]1(c2cccc(Nc3ccc(C(F)(F)F)nc3)c2Cl)CC(=O)N(C2CCOCC2)C(=N)N1.